The molecule has 5 nitrogen and oxygen atoms in total. The number of amidine groups is 1. The highest BCUT2D eigenvalue weighted by Gasteiger charge is 2.34. The molecule has 1 heterocycles. The van der Waals surface area contributed by atoms with Crippen molar-refractivity contribution >= 4 is 56.6 Å². The largest absolute Gasteiger partial charge is 0.507 e. The third-order valence-corrected chi connectivity index (χ3v) is 5.82. The van der Waals surface area contributed by atoms with Crippen LogP contribution in [0.1, 0.15) is 16.7 Å². The summed E-state index contributed by atoms with van der Waals surface area (Å²) in [7, 11) is 0. The molecule has 1 aliphatic heterocycles. The molecule has 0 saturated carbocycles. The number of nitrogens with zero attached hydrogens (tertiary/aromatic N) is 2. The van der Waals surface area contributed by atoms with E-state index in [1.54, 1.807) is 12.1 Å². The first-order valence-corrected chi connectivity index (χ1v) is 10.1. The first kappa shape index (κ1) is 21.7. The van der Waals surface area contributed by atoms with Gasteiger partial charge in [0.1, 0.15) is 5.75 Å². The van der Waals surface area contributed by atoms with E-state index in [2.05, 4.69) is 31.4 Å². The van der Waals surface area contributed by atoms with E-state index in [0.717, 1.165) is 28.4 Å². The molecule has 29 heavy (non-hydrogen) atoms. The van der Waals surface area contributed by atoms with Crippen molar-refractivity contribution in [3.8, 4) is 5.75 Å². The summed E-state index contributed by atoms with van der Waals surface area (Å²) < 4.78 is 39.4. The average Bonchev–Trinajstić information content (AvgIpc) is 2.98. The molecule has 0 spiro atoms. The fraction of sp³-hybridized carbons (Fsp3) is 0.167. The summed E-state index contributed by atoms with van der Waals surface area (Å²) in [6, 6.07) is 7.79. The molecule has 1 atom stereocenters. The van der Waals surface area contributed by atoms with Crippen molar-refractivity contribution in [2.24, 2.45) is 10.2 Å². The van der Waals surface area contributed by atoms with Crippen LogP contribution in [-0.2, 0) is 17.4 Å². The molecule has 11 heteroatoms. The third kappa shape index (κ3) is 5.52. The zero-order valence-electron chi connectivity index (χ0n) is 14.4. The summed E-state index contributed by atoms with van der Waals surface area (Å²) in [6.45, 7) is 0. The zero-order chi connectivity index (χ0) is 21.2. The van der Waals surface area contributed by atoms with E-state index in [0.29, 0.717) is 5.56 Å². The molecule has 1 fully saturated rings. The van der Waals surface area contributed by atoms with Gasteiger partial charge in [-0.3, -0.25) is 4.79 Å². The Balaban J connectivity index is 1.71. The van der Waals surface area contributed by atoms with Crippen LogP contribution >= 0.6 is 39.3 Å². The van der Waals surface area contributed by atoms with Gasteiger partial charge in [0.2, 0.25) is 5.91 Å². The van der Waals surface area contributed by atoms with Crippen LogP contribution in [0.5, 0.6) is 5.75 Å². The average molecular weight is 507 g/mol. The standard InChI is InChI=1S/C18H12BrClF3N3O2S/c19-12-2-4-14(27)10(6-12)8-24-26-17-25-16(28)15(29-17)7-9-5-11(18(21,22)23)1-3-13(9)20/h1-6,8,15,27H,7H2,(H,25,26,28). The normalized spacial score (nSPS) is 18.6. The second kappa shape index (κ2) is 8.76. The molecule has 2 aromatic rings. The zero-order valence-corrected chi connectivity index (χ0v) is 17.5. The fourth-order valence-electron chi connectivity index (χ4n) is 2.47. The summed E-state index contributed by atoms with van der Waals surface area (Å²) in [5, 5.41) is 19.7. The first-order valence-electron chi connectivity index (χ1n) is 8.06. The molecule has 1 aliphatic rings. The number of thioether (sulfide) groups is 1. The second-order valence-electron chi connectivity index (χ2n) is 5.96. The van der Waals surface area contributed by atoms with Gasteiger partial charge in [-0.1, -0.05) is 39.3 Å². The molecule has 1 unspecified atom stereocenters. The van der Waals surface area contributed by atoms with Gasteiger partial charge in [0.05, 0.1) is 17.0 Å². The van der Waals surface area contributed by atoms with Gasteiger partial charge in [-0.25, -0.2) is 0 Å². The third-order valence-electron chi connectivity index (χ3n) is 3.89. The molecular weight excluding hydrogens is 495 g/mol. The van der Waals surface area contributed by atoms with Gasteiger partial charge in [-0.05, 0) is 48.4 Å². The number of nitrogens with one attached hydrogen (secondary N) is 1. The number of carbonyl (C=O) groups excluding carboxylic acids is 1. The number of phenolic OH excluding ortho intramolecular Hbond substituents is 1. The maximum absolute atomic E-state index is 12.9. The number of rotatable bonds is 4. The van der Waals surface area contributed by atoms with Crippen molar-refractivity contribution in [1.82, 2.24) is 5.32 Å². The Kier molecular flexibility index (Phi) is 6.55. The number of halogens is 5. The number of benzene rings is 2. The molecular formula is C18H12BrClF3N3O2S. The van der Waals surface area contributed by atoms with Crippen LogP contribution in [0.4, 0.5) is 13.2 Å². The number of aromatic hydroxyl groups is 1. The maximum atomic E-state index is 12.9. The monoisotopic (exact) mass is 505 g/mol. The molecule has 1 saturated heterocycles. The van der Waals surface area contributed by atoms with Gasteiger partial charge < -0.3 is 10.4 Å². The molecule has 2 aromatic carbocycles. The van der Waals surface area contributed by atoms with Gasteiger partial charge >= 0.3 is 6.18 Å². The number of hydrogen-bond acceptors (Lipinski definition) is 5. The van der Waals surface area contributed by atoms with Crippen molar-refractivity contribution < 1.29 is 23.1 Å². The molecule has 0 bridgehead atoms. The van der Waals surface area contributed by atoms with Crippen LogP contribution in [0.15, 0.2) is 51.1 Å². The topological polar surface area (TPSA) is 74.0 Å². The summed E-state index contributed by atoms with van der Waals surface area (Å²) in [5.41, 5.74) is -0.184. The first-order chi connectivity index (χ1) is 13.6. The van der Waals surface area contributed by atoms with Gasteiger partial charge in [0, 0.05) is 15.1 Å². The van der Waals surface area contributed by atoms with Crippen molar-refractivity contribution in [1.29, 1.82) is 0 Å². The van der Waals surface area contributed by atoms with Gasteiger partial charge in [-0.15, -0.1) is 5.10 Å². The summed E-state index contributed by atoms with van der Waals surface area (Å²) in [6.07, 6.45) is -3.17. The summed E-state index contributed by atoms with van der Waals surface area (Å²) in [5.74, 6) is -0.389. The molecule has 2 N–H and O–H groups in total. The van der Waals surface area contributed by atoms with E-state index in [-0.39, 0.29) is 27.9 Å². The van der Waals surface area contributed by atoms with E-state index in [9.17, 15) is 23.1 Å². The Bertz CT molecular complexity index is 1010. The number of carbonyl (C=O) groups is 1. The van der Waals surface area contributed by atoms with E-state index in [1.165, 1.54) is 18.3 Å². The number of alkyl halides is 3. The van der Waals surface area contributed by atoms with Gasteiger partial charge in [0.15, 0.2) is 5.17 Å². The smallest absolute Gasteiger partial charge is 0.416 e. The van der Waals surface area contributed by atoms with Crippen LogP contribution in [0, 0.1) is 0 Å². The molecule has 0 aromatic heterocycles. The van der Waals surface area contributed by atoms with Gasteiger partial charge in [0.25, 0.3) is 0 Å². The van der Waals surface area contributed by atoms with Crippen LogP contribution in [0.3, 0.4) is 0 Å². The molecule has 3 rings (SSSR count). The van der Waals surface area contributed by atoms with E-state index < -0.39 is 22.9 Å². The van der Waals surface area contributed by atoms with Crippen LogP contribution in [-0.4, -0.2) is 27.6 Å². The number of amides is 1. The fourth-order valence-corrected chi connectivity index (χ4v) is 3.99. The van der Waals surface area contributed by atoms with E-state index in [1.807, 2.05) is 0 Å². The summed E-state index contributed by atoms with van der Waals surface area (Å²) in [4.78, 5) is 12.1. The van der Waals surface area contributed by atoms with Crippen molar-refractivity contribution in [3.05, 3.63) is 62.6 Å². The Labute approximate surface area is 181 Å². The highest BCUT2D eigenvalue weighted by Crippen LogP contribution is 2.33. The van der Waals surface area contributed by atoms with Crippen molar-refractivity contribution in [3.63, 3.8) is 0 Å². The Hall–Kier alpha value is -2.04. The predicted octanol–water partition coefficient (Wildman–Crippen LogP) is 4.99. The number of phenols is 1. The minimum absolute atomic E-state index is 0.00834. The minimum atomic E-state index is -4.50. The highest BCUT2D eigenvalue weighted by atomic mass is 79.9. The highest BCUT2D eigenvalue weighted by molar-refractivity contribution is 9.10. The van der Waals surface area contributed by atoms with Crippen molar-refractivity contribution in [2.45, 2.75) is 17.8 Å². The van der Waals surface area contributed by atoms with Crippen LogP contribution in [0.2, 0.25) is 5.02 Å². The maximum Gasteiger partial charge on any atom is 0.416 e. The lowest BCUT2D eigenvalue weighted by atomic mass is 10.1. The van der Waals surface area contributed by atoms with Gasteiger partial charge in [-0.2, -0.15) is 18.3 Å². The SMILES string of the molecule is O=C1N/C(=N\N=Cc2cc(Br)ccc2O)SC1Cc1cc(C(F)(F)F)ccc1Cl. The predicted molar refractivity (Wildman–Crippen MR) is 111 cm³/mol. The Morgan fingerprint density at radius 3 is 2.76 bits per heavy atom. The Morgan fingerprint density at radius 1 is 1.28 bits per heavy atom. The van der Waals surface area contributed by atoms with E-state index >= 15 is 0 Å². The molecule has 0 radical (unpaired) electrons. The lowest BCUT2D eigenvalue weighted by Gasteiger charge is -2.12. The Morgan fingerprint density at radius 2 is 2.03 bits per heavy atom. The lowest BCUT2D eigenvalue weighted by Crippen LogP contribution is -2.26. The quantitative estimate of drug-likeness (QED) is 0.453. The van der Waals surface area contributed by atoms with Crippen molar-refractivity contribution in [2.75, 3.05) is 0 Å². The molecule has 1 amide bonds. The lowest BCUT2D eigenvalue weighted by molar-refractivity contribution is -0.137. The van der Waals surface area contributed by atoms with E-state index in [4.69, 9.17) is 11.6 Å². The molecule has 152 valence electrons. The number of hydrogen-bond donors (Lipinski definition) is 2. The second-order valence-corrected chi connectivity index (χ2v) is 8.47. The van der Waals surface area contributed by atoms with Crippen LogP contribution < -0.4 is 5.32 Å². The summed E-state index contributed by atoms with van der Waals surface area (Å²) >= 11 is 10.3. The molecule has 0 aliphatic carbocycles. The van der Waals surface area contributed by atoms with Crippen LogP contribution in [0.25, 0.3) is 0 Å². The minimum Gasteiger partial charge on any atom is -0.507 e.